The molecule has 1 aromatic heterocycles. The minimum atomic E-state index is -0.307. The fourth-order valence-electron chi connectivity index (χ4n) is 1.43. The molecule has 1 aromatic carbocycles. The molecule has 5 heteroatoms. The van der Waals surface area contributed by atoms with Crippen LogP contribution in [0.4, 0.5) is 0 Å². The van der Waals surface area contributed by atoms with Crippen LogP contribution in [-0.2, 0) is 0 Å². The minimum absolute atomic E-state index is 0.307. The summed E-state index contributed by atoms with van der Waals surface area (Å²) in [5.41, 5.74) is 1.55. The predicted octanol–water partition coefficient (Wildman–Crippen LogP) is 1.08. The van der Waals surface area contributed by atoms with E-state index in [1.165, 1.54) is 0 Å². The van der Waals surface area contributed by atoms with Gasteiger partial charge in [0.2, 0.25) is 0 Å². The third kappa shape index (κ3) is 1.76. The molecule has 0 fully saturated rings. The van der Waals surface area contributed by atoms with E-state index in [9.17, 15) is 4.79 Å². The Bertz CT molecular complexity index is 527. The van der Waals surface area contributed by atoms with Crippen LogP contribution in [0.3, 0.4) is 0 Å². The Balaban J connectivity index is 2.46. The maximum atomic E-state index is 10.9. The van der Waals surface area contributed by atoms with Crippen LogP contribution in [0.15, 0.2) is 23.0 Å². The van der Waals surface area contributed by atoms with E-state index in [4.69, 9.17) is 4.74 Å². The Labute approximate surface area is 86.1 Å². The molecule has 1 heterocycles. The summed E-state index contributed by atoms with van der Waals surface area (Å²) in [6, 6.07) is 5.60. The number of methoxy groups -OCH3 is 1. The van der Waals surface area contributed by atoms with Gasteiger partial charge in [-0.15, -0.1) is 0 Å². The van der Waals surface area contributed by atoms with Crippen LogP contribution in [0.1, 0.15) is 5.56 Å². The van der Waals surface area contributed by atoms with Gasteiger partial charge >= 0.3 is 5.69 Å². The lowest BCUT2D eigenvalue weighted by Gasteiger charge is -2.04. The lowest BCUT2D eigenvalue weighted by Crippen LogP contribution is -2.00. The van der Waals surface area contributed by atoms with Crippen molar-refractivity contribution < 1.29 is 4.74 Å². The first-order valence-corrected chi connectivity index (χ1v) is 4.50. The van der Waals surface area contributed by atoms with Gasteiger partial charge in [-0.2, -0.15) is 5.10 Å². The predicted molar refractivity (Wildman–Crippen MR) is 55.9 cm³/mol. The lowest BCUT2D eigenvalue weighted by molar-refractivity contribution is 0.412. The van der Waals surface area contributed by atoms with E-state index < -0.39 is 0 Å². The van der Waals surface area contributed by atoms with E-state index in [0.29, 0.717) is 5.82 Å². The third-order valence-electron chi connectivity index (χ3n) is 2.17. The molecule has 2 rings (SSSR count). The molecule has 2 N–H and O–H groups in total. The van der Waals surface area contributed by atoms with Crippen molar-refractivity contribution >= 4 is 0 Å². The van der Waals surface area contributed by atoms with Gasteiger partial charge in [-0.3, -0.25) is 4.98 Å². The van der Waals surface area contributed by atoms with Gasteiger partial charge in [0.25, 0.3) is 0 Å². The molecule has 5 nitrogen and oxygen atoms in total. The van der Waals surface area contributed by atoms with Gasteiger partial charge < -0.3 is 4.74 Å². The summed E-state index contributed by atoms with van der Waals surface area (Å²) in [6.45, 7) is 1.94. The molecule has 15 heavy (non-hydrogen) atoms. The molecule has 0 saturated carbocycles. The van der Waals surface area contributed by atoms with Crippen LogP contribution in [-0.4, -0.2) is 22.3 Å². The van der Waals surface area contributed by atoms with E-state index in [0.717, 1.165) is 16.9 Å². The molecule has 0 bridgehead atoms. The molecule has 0 spiro atoms. The molecule has 0 saturated heterocycles. The summed E-state index contributed by atoms with van der Waals surface area (Å²) in [5, 5.41) is 6.17. The molecule has 0 amide bonds. The number of rotatable bonds is 2. The van der Waals surface area contributed by atoms with Crippen LogP contribution in [0.25, 0.3) is 11.4 Å². The van der Waals surface area contributed by atoms with Crippen molar-refractivity contribution in [2.75, 3.05) is 7.11 Å². The second-order valence-corrected chi connectivity index (χ2v) is 3.21. The lowest BCUT2D eigenvalue weighted by atomic mass is 10.1. The molecule has 0 radical (unpaired) electrons. The highest BCUT2D eigenvalue weighted by atomic mass is 16.5. The summed E-state index contributed by atoms with van der Waals surface area (Å²) in [7, 11) is 1.62. The fraction of sp³-hybridized carbons (Fsp3) is 0.200. The highest BCUT2D eigenvalue weighted by molar-refractivity contribution is 5.57. The van der Waals surface area contributed by atoms with Crippen LogP contribution in [0, 0.1) is 6.92 Å². The first-order chi connectivity index (χ1) is 7.20. The van der Waals surface area contributed by atoms with Crippen LogP contribution in [0.2, 0.25) is 0 Å². The van der Waals surface area contributed by atoms with E-state index >= 15 is 0 Å². The molecule has 0 unspecified atom stereocenters. The Morgan fingerprint density at radius 1 is 1.40 bits per heavy atom. The van der Waals surface area contributed by atoms with Crippen molar-refractivity contribution in [2.45, 2.75) is 6.92 Å². The normalized spacial score (nSPS) is 10.3. The van der Waals surface area contributed by atoms with E-state index in [1.807, 2.05) is 25.1 Å². The number of aryl methyl sites for hydroxylation is 1. The maximum absolute atomic E-state index is 10.9. The summed E-state index contributed by atoms with van der Waals surface area (Å²) >= 11 is 0. The number of H-pyrrole nitrogens is 2. The van der Waals surface area contributed by atoms with Crippen molar-refractivity contribution in [2.24, 2.45) is 0 Å². The monoisotopic (exact) mass is 205 g/mol. The molecule has 2 aromatic rings. The van der Waals surface area contributed by atoms with Crippen molar-refractivity contribution in [3.8, 4) is 17.1 Å². The Kier molecular flexibility index (Phi) is 2.29. The molecule has 0 aliphatic rings. The first-order valence-electron chi connectivity index (χ1n) is 4.50. The maximum Gasteiger partial charge on any atom is 0.340 e. The standard InChI is InChI=1S/C10H11N3O2/c1-6-5-7(3-4-8(6)15-2)9-11-10(14)13-12-9/h3-5H,1-2H3,(H2,11,12,13,14). The Hall–Kier alpha value is -2.04. The molecular formula is C10H11N3O2. The van der Waals surface area contributed by atoms with Gasteiger partial charge in [0.15, 0.2) is 5.82 Å². The van der Waals surface area contributed by atoms with Gasteiger partial charge in [0, 0.05) is 5.56 Å². The number of benzene rings is 1. The van der Waals surface area contributed by atoms with Crippen molar-refractivity contribution in [1.29, 1.82) is 0 Å². The number of hydrogen-bond acceptors (Lipinski definition) is 3. The fourth-order valence-corrected chi connectivity index (χ4v) is 1.43. The largest absolute Gasteiger partial charge is 0.496 e. The van der Waals surface area contributed by atoms with E-state index in [1.54, 1.807) is 7.11 Å². The van der Waals surface area contributed by atoms with Gasteiger partial charge in [-0.25, -0.2) is 9.89 Å². The number of nitrogens with zero attached hydrogens (tertiary/aromatic N) is 1. The van der Waals surface area contributed by atoms with E-state index in [2.05, 4.69) is 15.2 Å². The van der Waals surface area contributed by atoms with Crippen LogP contribution < -0.4 is 10.4 Å². The quantitative estimate of drug-likeness (QED) is 0.770. The summed E-state index contributed by atoms with van der Waals surface area (Å²) < 4.78 is 5.14. The minimum Gasteiger partial charge on any atom is -0.496 e. The highest BCUT2D eigenvalue weighted by Gasteiger charge is 2.04. The number of hydrogen-bond donors (Lipinski definition) is 2. The van der Waals surface area contributed by atoms with Crippen molar-refractivity contribution in [3.63, 3.8) is 0 Å². The summed E-state index contributed by atoms with van der Waals surface area (Å²) in [4.78, 5) is 13.5. The highest BCUT2D eigenvalue weighted by Crippen LogP contribution is 2.22. The topological polar surface area (TPSA) is 70.8 Å². The SMILES string of the molecule is COc1ccc(-c2n[nH]c(=O)[nH]2)cc1C. The zero-order valence-electron chi connectivity index (χ0n) is 8.50. The first kappa shape index (κ1) is 9.51. The van der Waals surface area contributed by atoms with Gasteiger partial charge in [-0.1, -0.05) is 0 Å². The van der Waals surface area contributed by atoms with Gasteiger partial charge in [-0.05, 0) is 30.7 Å². The second-order valence-electron chi connectivity index (χ2n) is 3.21. The molecule has 0 aliphatic carbocycles. The number of aromatic amines is 2. The van der Waals surface area contributed by atoms with Gasteiger partial charge in [0.1, 0.15) is 5.75 Å². The van der Waals surface area contributed by atoms with Crippen molar-refractivity contribution in [3.05, 3.63) is 34.2 Å². The van der Waals surface area contributed by atoms with E-state index in [-0.39, 0.29) is 5.69 Å². The number of aromatic nitrogens is 3. The molecule has 0 aliphatic heterocycles. The summed E-state index contributed by atoms with van der Waals surface area (Å²) in [6.07, 6.45) is 0. The second kappa shape index (κ2) is 3.61. The Morgan fingerprint density at radius 2 is 2.20 bits per heavy atom. The zero-order valence-corrected chi connectivity index (χ0v) is 8.50. The van der Waals surface area contributed by atoms with Crippen LogP contribution in [0.5, 0.6) is 5.75 Å². The summed E-state index contributed by atoms with van der Waals surface area (Å²) in [5.74, 6) is 1.35. The van der Waals surface area contributed by atoms with Crippen molar-refractivity contribution in [1.82, 2.24) is 15.2 Å². The smallest absolute Gasteiger partial charge is 0.340 e. The average molecular weight is 205 g/mol. The zero-order chi connectivity index (χ0) is 10.8. The van der Waals surface area contributed by atoms with Gasteiger partial charge in [0.05, 0.1) is 7.11 Å². The average Bonchev–Trinajstić information content (AvgIpc) is 2.65. The molecular weight excluding hydrogens is 194 g/mol. The Morgan fingerprint density at radius 3 is 2.73 bits per heavy atom. The number of ether oxygens (including phenoxy) is 1. The molecule has 0 atom stereocenters. The number of nitrogens with one attached hydrogen (secondary N) is 2. The van der Waals surface area contributed by atoms with Crippen LogP contribution >= 0.6 is 0 Å². The third-order valence-corrected chi connectivity index (χ3v) is 2.17. The molecule has 78 valence electrons.